The van der Waals surface area contributed by atoms with Gasteiger partial charge in [0.2, 0.25) is 0 Å². The molecule has 2 heterocycles. The van der Waals surface area contributed by atoms with Crippen molar-refractivity contribution in [3.63, 3.8) is 0 Å². The van der Waals surface area contributed by atoms with Gasteiger partial charge in [0.1, 0.15) is 0 Å². The highest BCUT2D eigenvalue weighted by atomic mass is 32.2. The van der Waals surface area contributed by atoms with Gasteiger partial charge in [0.15, 0.2) is 0 Å². The molecule has 96 valence electrons. The number of rotatable bonds is 3. The van der Waals surface area contributed by atoms with Crippen LogP contribution in [-0.4, -0.2) is 22.5 Å². The molecule has 1 aliphatic heterocycles. The lowest BCUT2D eigenvalue weighted by Crippen LogP contribution is -2.32. The minimum absolute atomic E-state index is 0.184. The zero-order chi connectivity index (χ0) is 12.3. The maximum absolute atomic E-state index is 4.52. The van der Waals surface area contributed by atoms with Gasteiger partial charge in [0.05, 0.1) is 5.01 Å². The molecule has 0 amide bonds. The van der Waals surface area contributed by atoms with E-state index in [1.54, 1.807) is 0 Å². The van der Waals surface area contributed by atoms with E-state index >= 15 is 0 Å². The van der Waals surface area contributed by atoms with Gasteiger partial charge in [-0.1, -0.05) is 20.8 Å². The van der Waals surface area contributed by atoms with Gasteiger partial charge in [-0.25, -0.2) is 4.98 Å². The van der Waals surface area contributed by atoms with Crippen LogP contribution in [-0.2, 0) is 12.0 Å². The summed E-state index contributed by atoms with van der Waals surface area (Å²) < 4.78 is 0. The lowest BCUT2D eigenvalue weighted by atomic mass is 9.98. The molecule has 1 saturated heterocycles. The van der Waals surface area contributed by atoms with E-state index in [9.17, 15) is 0 Å². The van der Waals surface area contributed by atoms with Crippen LogP contribution in [0.2, 0.25) is 0 Å². The Hall–Kier alpha value is -0.0600. The lowest BCUT2D eigenvalue weighted by molar-refractivity contribution is 0.510. The van der Waals surface area contributed by atoms with Gasteiger partial charge in [-0.2, -0.15) is 11.8 Å². The van der Waals surface area contributed by atoms with Crippen LogP contribution in [0, 0.1) is 0 Å². The normalized spacial score (nSPS) is 21.7. The van der Waals surface area contributed by atoms with Crippen LogP contribution in [0.4, 0.5) is 0 Å². The maximum Gasteiger partial charge on any atom is 0.0981 e. The van der Waals surface area contributed by atoms with Crippen LogP contribution < -0.4 is 5.32 Å². The molecule has 0 spiro atoms. The molecule has 1 fully saturated rings. The average molecular weight is 270 g/mol. The van der Waals surface area contributed by atoms with Crippen molar-refractivity contribution in [2.75, 3.05) is 11.5 Å². The second kappa shape index (κ2) is 5.72. The molecule has 0 bridgehead atoms. The van der Waals surface area contributed by atoms with Gasteiger partial charge in [-0.15, -0.1) is 11.3 Å². The minimum Gasteiger partial charge on any atom is -0.308 e. The summed E-state index contributed by atoms with van der Waals surface area (Å²) in [4.78, 5) is 5.89. The fourth-order valence-electron chi connectivity index (χ4n) is 1.88. The van der Waals surface area contributed by atoms with Gasteiger partial charge < -0.3 is 5.32 Å². The lowest BCUT2D eigenvalue weighted by Gasteiger charge is -2.22. The molecule has 2 nitrogen and oxygen atoms in total. The standard InChI is InChI=1S/C13H22N2S2/c1-13(2,3)12-15-8-11(17-12)7-14-10-5-4-6-16-9-10/h8,10,14H,4-7,9H2,1-3H3. The van der Waals surface area contributed by atoms with Crippen LogP contribution in [0.25, 0.3) is 0 Å². The Morgan fingerprint density at radius 2 is 2.29 bits per heavy atom. The summed E-state index contributed by atoms with van der Waals surface area (Å²) >= 11 is 3.92. The molecule has 17 heavy (non-hydrogen) atoms. The molecule has 4 heteroatoms. The third-order valence-electron chi connectivity index (χ3n) is 2.92. The van der Waals surface area contributed by atoms with E-state index in [4.69, 9.17) is 0 Å². The van der Waals surface area contributed by atoms with Crippen molar-refractivity contribution in [3.05, 3.63) is 16.1 Å². The van der Waals surface area contributed by atoms with E-state index < -0.39 is 0 Å². The highest BCUT2D eigenvalue weighted by molar-refractivity contribution is 7.99. The molecule has 1 N–H and O–H groups in total. The van der Waals surface area contributed by atoms with Crippen LogP contribution in [0.15, 0.2) is 6.20 Å². The molecular formula is C13H22N2S2. The Bertz CT molecular complexity index is 349. The van der Waals surface area contributed by atoms with E-state index in [1.807, 2.05) is 17.5 Å². The second-order valence-corrected chi connectivity index (χ2v) is 7.94. The van der Waals surface area contributed by atoms with Crippen molar-refractivity contribution in [3.8, 4) is 0 Å². The highest BCUT2D eigenvalue weighted by Crippen LogP contribution is 2.27. The second-order valence-electron chi connectivity index (χ2n) is 5.68. The first-order valence-electron chi connectivity index (χ1n) is 6.32. The van der Waals surface area contributed by atoms with E-state index in [2.05, 4.69) is 42.8 Å². The van der Waals surface area contributed by atoms with E-state index in [0.29, 0.717) is 6.04 Å². The van der Waals surface area contributed by atoms with Crippen molar-refractivity contribution >= 4 is 23.1 Å². The molecule has 1 aromatic heterocycles. The quantitative estimate of drug-likeness (QED) is 0.911. The number of nitrogens with zero attached hydrogens (tertiary/aromatic N) is 1. The molecule has 0 saturated carbocycles. The number of thiazole rings is 1. The first-order chi connectivity index (χ1) is 8.05. The zero-order valence-electron chi connectivity index (χ0n) is 11.0. The average Bonchev–Trinajstić information content (AvgIpc) is 2.76. The van der Waals surface area contributed by atoms with E-state index in [-0.39, 0.29) is 5.41 Å². The van der Waals surface area contributed by atoms with Crippen LogP contribution >= 0.6 is 23.1 Å². The molecule has 1 aliphatic rings. The number of nitrogens with one attached hydrogen (secondary N) is 1. The van der Waals surface area contributed by atoms with Crippen LogP contribution in [0.3, 0.4) is 0 Å². The van der Waals surface area contributed by atoms with E-state index in [0.717, 1.165) is 6.54 Å². The number of thioether (sulfide) groups is 1. The molecule has 0 aliphatic carbocycles. The highest BCUT2D eigenvalue weighted by Gasteiger charge is 2.18. The molecule has 0 aromatic carbocycles. The molecule has 2 rings (SSSR count). The minimum atomic E-state index is 0.184. The summed E-state index contributed by atoms with van der Waals surface area (Å²) in [6.45, 7) is 7.65. The Morgan fingerprint density at radius 1 is 1.47 bits per heavy atom. The third kappa shape index (κ3) is 3.97. The van der Waals surface area contributed by atoms with Crippen molar-refractivity contribution in [1.29, 1.82) is 0 Å². The van der Waals surface area contributed by atoms with Crippen LogP contribution in [0.5, 0.6) is 0 Å². The molecule has 0 radical (unpaired) electrons. The van der Waals surface area contributed by atoms with Gasteiger partial charge >= 0.3 is 0 Å². The van der Waals surface area contributed by atoms with Crippen LogP contribution in [0.1, 0.15) is 43.5 Å². The van der Waals surface area contributed by atoms with Crippen molar-refractivity contribution in [2.45, 2.75) is 51.6 Å². The SMILES string of the molecule is CC(C)(C)c1ncc(CNC2CCCSC2)s1. The van der Waals surface area contributed by atoms with Gasteiger partial charge in [-0.3, -0.25) is 0 Å². The van der Waals surface area contributed by atoms with Gasteiger partial charge in [-0.05, 0) is 18.6 Å². The summed E-state index contributed by atoms with van der Waals surface area (Å²) in [6.07, 6.45) is 4.73. The first-order valence-corrected chi connectivity index (χ1v) is 8.29. The predicted octanol–water partition coefficient (Wildman–Crippen LogP) is 3.43. The predicted molar refractivity (Wildman–Crippen MR) is 78.0 cm³/mol. The van der Waals surface area contributed by atoms with Gasteiger partial charge in [0.25, 0.3) is 0 Å². The molecule has 1 unspecified atom stereocenters. The van der Waals surface area contributed by atoms with Crippen molar-refractivity contribution < 1.29 is 0 Å². The maximum atomic E-state index is 4.52. The Balaban J connectivity index is 1.84. The van der Waals surface area contributed by atoms with E-state index in [1.165, 1.54) is 34.2 Å². The topological polar surface area (TPSA) is 24.9 Å². The summed E-state index contributed by atoms with van der Waals surface area (Å²) in [5, 5.41) is 4.90. The Kier molecular flexibility index (Phi) is 4.50. The Labute approximate surface area is 113 Å². The number of aromatic nitrogens is 1. The number of hydrogen-bond donors (Lipinski definition) is 1. The molecule has 1 aromatic rings. The molecular weight excluding hydrogens is 248 g/mol. The van der Waals surface area contributed by atoms with Crippen molar-refractivity contribution in [2.24, 2.45) is 0 Å². The monoisotopic (exact) mass is 270 g/mol. The zero-order valence-corrected chi connectivity index (χ0v) is 12.6. The summed E-state index contributed by atoms with van der Waals surface area (Å²) in [5.41, 5.74) is 0.184. The fourth-order valence-corrected chi connectivity index (χ4v) is 3.91. The summed E-state index contributed by atoms with van der Waals surface area (Å²) in [5.74, 6) is 2.61. The summed E-state index contributed by atoms with van der Waals surface area (Å²) in [6, 6.07) is 0.703. The largest absolute Gasteiger partial charge is 0.308 e. The summed E-state index contributed by atoms with van der Waals surface area (Å²) in [7, 11) is 0. The number of hydrogen-bond acceptors (Lipinski definition) is 4. The van der Waals surface area contributed by atoms with Gasteiger partial charge in [0, 0.05) is 34.8 Å². The molecule has 1 atom stereocenters. The first kappa shape index (κ1) is 13.4. The fraction of sp³-hybridized carbons (Fsp3) is 0.769. The Morgan fingerprint density at radius 3 is 2.88 bits per heavy atom. The third-order valence-corrected chi connectivity index (χ3v) is 5.56. The van der Waals surface area contributed by atoms with Crippen molar-refractivity contribution in [1.82, 2.24) is 10.3 Å². The smallest absolute Gasteiger partial charge is 0.0981 e.